The van der Waals surface area contributed by atoms with Crippen LogP contribution in [0.1, 0.15) is 5.69 Å². The number of nitrogens with zero attached hydrogens (tertiary/aromatic N) is 3. The van der Waals surface area contributed by atoms with E-state index < -0.39 is 65.2 Å². The maximum Gasteiger partial charge on any atom is 1.00 e. The Morgan fingerprint density at radius 2 is 2.03 bits per heavy atom. The van der Waals surface area contributed by atoms with Gasteiger partial charge in [-0.3, -0.25) is 14.1 Å². The van der Waals surface area contributed by atoms with Crippen LogP contribution in [0.25, 0.3) is 0 Å². The average molecular weight is 489 g/mol. The predicted molar refractivity (Wildman–Crippen MR) is 96.3 cm³/mol. The molecule has 0 bridgehead atoms. The average Bonchev–Trinajstić information content (AvgIpc) is 3.04. The summed E-state index contributed by atoms with van der Waals surface area (Å²) in [6, 6.07) is -3.08. The van der Waals surface area contributed by atoms with Crippen molar-refractivity contribution in [3.8, 4) is 0 Å². The molecule has 0 aromatic carbocycles. The summed E-state index contributed by atoms with van der Waals surface area (Å²) in [6.07, 6.45) is -1.29. The molecule has 1 fully saturated rings. The van der Waals surface area contributed by atoms with E-state index in [1.54, 1.807) is 0 Å². The van der Waals surface area contributed by atoms with Gasteiger partial charge in [-0.05, 0) is 0 Å². The molecule has 0 saturated carbocycles. The van der Waals surface area contributed by atoms with E-state index in [0.717, 1.165) is 11.3 Å². The molecule has 2 atom stereocenters. The van der Waals surface area contributed by atoms with Gasteiger partial charge < -0.3 is 31.5 Å². The van der Waals surface area contributed by atoms with Crippen LogP contribution in [0.15, 0.2) is 10.5 Å². The van der Waals surface area contributed by atoms with E-state index in [0.29, 0.717) is 0 Å². The topological polar surface area (TPSA) is 254 Å². The van der Waals surface area contributed by atoms with Gasteiger partial charge in [0.25, 0.3) is 11.8 Å². The molecule has 0 radical (unpaired) electrons. The fraction of sp³-hybridized carbons (Fsp3) is 0.333. The van der Waals surface area contributed by atoms with Crippen LogP contribution in [0.4, 0.5) is 9.93 Å². The number of carboxylic acid groups (broad SMARTS) is 1. The van der Waals surface area contributed by atoms with Crippen molar-refractivity contribution in [1.29, 1.82) is 0 Å². The normalized spacial score (nSPS) is 18.4. The number of nitrogens with two attached hydrogens (primary N) is 2. The molecule has 1 aromatic rings. The second kappa shape index (κ2) is 10.7. The Morgan fingerprint density at radius 1 is 1.39 bits per heavy atom. The summed E-state index contributed by atoms with van der Waals surface area (Å²) in [5.74, 6) is -3.76. The molecular formula is C12H14N6NaO10S2+. The van der Waals surface area contributed by atoms with Gasteiger partial charge in [-0.25, -0.2) is 18.9 Å². The number of rotatable bonds is 9. The fourth-order valence-electron chi connectivity index (χ4n) is 2.26. The Hall–Kier alpha value is -2.51. The van der Waals surface area contributed by atoms with Crippen molar-refractivity contribution in [2.75, 3.05) is 18.9 Å². The first-order valence-electron chi connectivity index (χ1n) is 7.58. The third-order valence-electron chi connectivity index (χ3n) is 3.42. The van der Waals surface area contributed by atoms with Gasteiger partial charge >= 0.3 is 51.9 Å². The first-order chi connectivity index (χ1) is 13.9. The molecule has 2 heterocycles. The number of anilines is 1. The van der Waals surface area contributed by atoms with Gasteiger partial charge in [-0.2, -0.15) is 8.42 Å². The maximum absolute atomic E-state index is 12.6. The second-order valence-electron chi connectivity index (χ2n) is 5.44. The van der Waals surface area contributed by atoms with Crippen LogP contribution >= 0.6 is 11.3 Å². The number of aliphatic carboxylic acids is 1. The molecule has 0 spiro atoms. The van der Waals surface area contributed by atoms with Crippen LogP contribution in [0, 0.1) is 0 Å². The van der Waals surface area contributed by atoms with Crippen molar-refractivity contribution in [3.05, 3.63) is 11.1 Å². The van der Waals surface area contributed by atoms with Gasteiger partial charge in [0.2, 0.25) is 6.61 Å². The van der Waals surface area contributed by atoms with E-state index in [1.807, 2.05) is 0 Å². The molecule has 0 aliphatic carbocycles. The molecule has 1 saturated heterocycles. The summed E-state index contributed by atoms with van der Waals surface area (Å²) in [5, 5.41) is 15.4. The fourth-order valence-corrected chi connectivity index (χ4v) is 3.67. The van der Waals surface area contributed by atoms with Crippen molar-refractivity contribution in [2.24, 2.45) is 10.9 Å². The number of hydrogen-bond donors (Lipinski definition) is 5. The van der Waals surface area contributed by atoms with Gasteiger partial charge in [-0.15, -0.1) is 11.3 Å². The monoisotopic (exact) mass is 489 g/mol. The quantitative estimate of drug-likeness (QED) is 0.0714. The van der Waals surface area contributed by atoms with E-state index in [9.17, 15) is 27.6 Å². The molecule has 2 rings (SSSR count). The molecule has 16 nitrogen and oxygen atoms in total. The van der Waals surface area contributed by atoms with Crippen LogP contribution in [-0.2, 0) is 34.3 Å². The Kier molecular flexibility index (Phi) is 9.14. The largest absolute Gasteiger partial charge is 1.00 e. The van der Waals surface area contributed by atoms with Gasteiger partial charge in [0.15, 0.2) is 10.8 Å². The van der Waals surface area contributed by atoms with E-state index in [4.69, 9.17) is 21.1 Å². The molecule has 1 aliphatic rings. The third-order valence-corrected chi connectivity index (χ3v) is 5.05. The number of hydrogen-bond acceptors (Lipinski definition) is 12. The number of ether oxygens (including phenoxy) is 1. The standard InChI is InChI=1S/C12H14N6O10S2.Na/c13-11-15-4(3-29-11)7(17-28-2-6(19)20)9(21)16-8-5(1-27-12(14)23)18(10(8)22)30(24,25)26;/h3,5,8H,1-2H2,(H2,13,15)(H2,14,23)(H,16,21)(H,19,20)(H,24,25,26);/q;+1/b17-7-;/t5-,8+;/m1./s1. The Morgan fingerprint density at radius 3 is 2.52 bits per heavy atom. The number of primary amides is 1. The molecule has 3 amide bonds. The summed E-state index contributed by atoms with van der Waals surface area (Å²) < 4.78 is 36.2. The zero-order valence-corrected chi connectivity index (χ0v) is 19.3. The summed E-state index contributed by atoms with van der Waals surface area (Å²) >= 11 is 0.920. The van der Waals surface area contributed by atoms with Crippen LogP contribution < -0.4 is 46.3 Å². The molecule has 0 unspecified atom stereocenters. The number of carboxylic acids is 1. The number of β-lactam (4-membered cyclic amide) rings is 1. The first kappa shape index (κ1) is 26.5. The number of oxime groups is 1. The van der Waals surface area contributed by atoms with Crippen molar-refractivity contribution in [3.63, 3.8) is 0 Å². The maximum atomic E-state index is 12.6. The zero-order chi connectivity index (χ0) is 22.6. The summed E-state index contributed by atoms with van der Waals surface area (Å²) in [5.41, 5.74) is 9.58. The Labute approximate surface area is 199 Å². The zero-order valence-electron chi connectivity index (χ0n) is 15.6. The van der Waals surface area contributed by atoms with Crippen LogP contribution in [0.5, 0.6) is 0 Å². The smallest absolute Gasteiger partial charge is 0.479 e. The van der Waals surface area contributed by atoms with Crippen molar-refractivity contribution < 1.29 is 76.4 Å². The van der Waals surface area contributed by atoms with Crippen molar-refractivity contribution in [2.45, 2.75) is 12.1 Å². The molecule has 7 N–H and O–H groups in total. The number of nitrogens with one attached hydrogen (secondary N) is 1. The summed E-state index contributed by atoms with van der Waals surface area (Å²) in [7, 11) is -5.02. The van der Waals surface area contributed by atoms with E-state index in [1.165, 1.54) is 5.38 Å². The first-order valence-corrected chi connectivity index (χ1v) is 9.86. The SMILES string of the molecule is NC(=O)OC[C@@H]1[C@H](NC(=O)/C(=N\OCC(=O)O)c2csc(N)n2)C(=O)N1S(=O)(=O)O.[Na+]. The molecular weight excluding hydrogens is 475 g/mol. The minimum atomic E-state index is -5.02. The third kappa shape index (κ3) is 6.74. The van der Waals surface area contributed by atoms with Gasteiger partial charge in [-0.1, -0.05) is 5.16 Å². The van der Waals surface area contributed by atoms with Crippen molar-refractivity contribution >= 4 is 56.4 Å². The molecule has 1 aliphatic heterocycles. The van der Waals surface area contributed by atoms with Gasteiger partial charge in [0.1, 0.15) is 24.4 Å². The summed E-state index contributed by atoms with van der Waals surface area (Å²) in [4.78, 5) is 54.3. The number of aromatic nitrogens is 1. The minimum Gasteiger partial charge on any atom is -0.479 e. The number of amides is 3. The number of thiazole rings is 1. The van der Waals surface area contributed by atoms with E-state index in [-0.39, 0.29) is 44.7 Å². The predicted octanol–water partition coefficient (Wildman–Crippen LogP) is -5.87. The summed E-state index contributed by atoms with van der Waals surface area (Å²) in [6.45, 7) is -1.66. The Balaban J connectivity index is 0.00000480. The number of carbonyl (C=O) groups excluding carboxylic acids is 3. The second-order valence-corrected chi connectivity index (χ2v) is 7.62. The van der Waals surface area contributed by atoms with Gasteiger partial charge in [0, 0.05) is 5.38 Å². The minimum absolute atomic E-state index is 0. The van der Waals surface area contributed by atoms with E-state index >= 15 is 0 Å². The van der Waals surface area contributed by atoms with Crippen LogP contribution in [-0.4, -0.2) is 82.3 Å². The molecule has 31 heavy (non-hydrogen) atoms. The van der Waals surface area contributed by atoms with E-state index in [2.05, 4.69) is 25.0 Å². The van der Waals surface area contributed by atoms with Crippen molar-refractivity contribution in [1.82, 2.24) is 14.6 Å². The van der Waals surface area contributed by atoms with Crippen LogP contribution in [0.2, 0.25) is 0 Å². The Bertz CT molecular complexity index is 1010. The molecule has 19 heteroatoms. The van der Waals surface area contributed by atoms with Crippen LogP contribution in [0.3, 0.4) is 0 Å². The molecule has 1 aromatic heterocycles. The van der Waals surface area contributed by atoms with Gasteiger partial charge in [0.05, 0.1) is 0 Å². The number of nitrogen functional groups attached to an aromatic ring is 1. The number of carbonyl (C=O) groups is 4. The molecule has 164 valence electrons.